The van der Waals surface area contributed by atoms with Crippen LogP contribution < -0.4 is 20.4 Å². The van der Waals surface area contributed by atoms with E-state index in [1.54, 1.807) is 9.80 Å². The highest BCUT2D eigenvalue weighted by atomic mass is 32.1. The summed E-state index contributed by atoms with van der Waals surface area (Å²) in [5, 5.41) is 5.41. The number of nitrogens with one attached hydrogen (secondary N) is 2. The van der Waals surface area contributed by atoms with Gasteiger partial charge >= 0.3 is 0 Å². The second kappa shape index (κ2) is 20.5. The van der Waals surface area contributed by atoms with Gasteiger partial charge in [-0.2, -0.15) is 0 Å². The fourth-order valence-corrected chi connectivity index (χ4v) is 7.95. The predicted octanol–water partition coefficient (Wildman–Crippen LogP) is 3.45. The first-order valence-electron chi connectivity index (χ1n) is 19.2. The topological polar surface area (TPSA) is 184 Å². The highest BCUT2D eigenvalue weighted by Gasteiger charge is 2.36. The van der Waals surface area contributed by atoms with E-state index in [0.717, 1.165) is 34.0 Å². The number of fused-ring (bicyclic) bond motifs is 2. The molecule has 2 aliphatic carbocycles. The zero-order valence-electron chi connectivity index (χ0n) is 33.8. The molecular weight excluding hydrogens is 809 g/mol. The van der Waals surface area contributed by atoms with Crippen molar-refractivity contribution in [2.45, 2.75) is 0 Å². The molecule has 0 saturated heterocycles. The first kappa shape index (κ1) is 43.8. The molecular formula is C42H46N8O8S2. The molecule has 16 nitrogen and oxygen atoms in total. The van der Waals surface area contributed by atoms with Crippen molar-refractivity contribution in [3.63, 3.8) is 0 Å². The molecule has 2 N–H and O–H groups in total. The summed E-state index contributed by atoms with van der Waals surface area (Å²) >= 11 is 1.76. The van der Waals surface area contributed by atoms with Crippen molar-refractivity contribution >= 4 is 69.0 Å². The fourth-order valence-electron chi connectivity index (χ4n) is 6.17. The Morgan fingerprint density at radius 1 is 0.567 bits per heavy atom. The third-order valence-corrected chi connectivity index (χ3v) is 11.4. The normalized spacial score (nSPS) is 13.6. The lowest BCUT2D eigenvalue weighted by atomic mass is 10.0. The van der Waals surface area contributed by atoms with Crippen LogP contribution in [-0.4, -0.2) is 149 Å². The summed E-state index contributed by atoms with van der Waals surface area (Å²) in [5.41, 5.74) is 1.87. The van der Waals surface area contributed by atoms with Gasteiger partial charge in [0.05, 0.1) is 37.8 Å². The Labute approximate surface area is 355 Å². The molecule has 2 amide bonds. The Hall–Kier alpha value is -5.76. The molecule has 4 aromatic rings. The van der Waals surface area contributed by atoms with E-state index in [0.29, 0.717) is 26.2 Å². The quantitative estimate of drug-likeness (QED) is 0.116. The molecule has 0 fully saturated rings. The minimum Gasteiger partial charge on any atom is -0.377 e. The summed E-state index contributed by atoms with van der Waals surface area (Å²) in [6, 6.07) is 18.6. The number of carbonyl (C=O) groups is 6. The maximum atomic E-state index is 13.6. The van der Waals surface area contributed by atoms with Crippen LogP contribution in [-0.2, 0) is 9.47 Å². The van der Waals surface area contributed by atoms with Crippen molar-refractivity contribution in [2.75, 3.05) is 104 Å². The van der Waals surface area contributed by atoms with Crippen molar-refractivity contribution < 1.29 is 38.2 Å². The molecule has 2 aliphatic rings. The highest BCUT2D eigenvalue weighted by Crippen LogP contribution is 2.32. The summed E-state index contributed by atoms with van der Waals surface area (Å²) in [4.78, 5) is 95.6. The SMILES string of the molecule is CN(C)CCN(C1=CC(=O)c2sc(C(=O)NCCOCCOCCNC(=O)c3nc4c(s3)C(=O)C=C(N(CCN(C)C)c3ccccc3)C4=O)nc2C1=O)c1ccccc1. The Morgan fingerprint density at radius 3 is 1.32 bits per heavy atom. The van der Waals surface area contributed by atoms with Gasteiger partial charge in [0.2, 0.25) is 11.6 Å². The number of nitrogens with zero attached hydrogens (tertiary/aromatic N) is 6. The molecule has 60 heavy (non-hydrogen) atoms. The van der Waals surface area contributed by atoms with Crippen molar-refractivity contribution in [1.82, 2.24) is 30.4 Å². The van der Waals surface area contributed by atoms with Crippen LogP contribution in [0.1, 0.15) is 59.9 Å². The smallest absolute Gasteiger partial charge is 0.280 e. The van der Waals surface area contributed by atoms with Gasteiger partial charge in [-0.1, -0.05) is 36.4 Å². The lowest BCUT2D eigenvalue weighted by Crippen LogP contribution is -2.36. The van der Waals surface area contributed by atoms with Crippen LogP contribution in [0.5, 0.6) is 0 Å². The minimum absolute atomic E-state index is 0.00383. The number of amides is 2. The molecule has 2 heterocycles. The second-order valence-electron chi connectivity index (χ2n) is 14.2. The second-order valence-corrected chi connectivity index (χ2v) is 16.2. The zero-order valence-corrected chi connectivity index (χ0v) is 35.4. The van der Waals surface area contributed by atoms with Gasteiger partial charge in [0.1, 0.15) is 21.1 Å². The number of benzene rings is 2. The molecule has 0 atom stereocenters. The van der Waals surface area contributed by atoms with Gasteiger partial charge in [0, 0.05) is 62.8 Å². The van der Waals surface area contributed by atoms with E-state index in [4.69, 9.17) is 9.47 Å². The monoisotopic (exact) mass is 854 g/mol. The first-order chi connectivity index (χ1) is 28.9. The van der Waals surface area contributed by atoms with E-state index in [-0.39, 0.29) is 93.6 Å². The van der Waals surface area contributed by atoms with E-state index in [1.165, 1.54) is 12.2 Å². The number of carbonyl (C=O) groups excluding carboxylic acids is 6. The molecule has 0 radical (unpaired) electrons. The van der Waals surface area contributed by atoms with Gasteiger partial charge in [-0.05, 0) is 52.5 Å². The van der Waals surface area contributed by atoms with Crippen molar-refractivity contribution in [3.05, 3.63) is 115 Å². The van der Waals surface area contributed by atoms with Gasteiger partial charge in [-0.3, -0.25) is 28.8 Å². The number of allylic oxidation sites excluding steroid dienone is 4. The Bertz CT molecular complexity index is 2130. The lowest BCUT2D eigenvalue weighted by molar-refractivity contribution is 0.0486. The molecule has 0 spiro atoms. The average molecular weight is 855 g/mol. The Morgan fingerprint density at radius 2 is 0.950 bits per heavy atom. The third-order valence-electron chi connectivity index (χ3n) is 9.22. The van der Waals surface area contributed by atoms with Crippen LogP contribution in [0.15, 0.2) is 84.2 Å². The predicted molar refractivity (Wildman–Crippen MR) is 229 cm³/mol. The number of likely N-dealkylation sites (N-methyl/N-ethyl adjacent to an activating group) is 2. The summed E-state index contributed by atoms with van der Waals surface area (Å²) in [6.07, 6.45) is 2.63. The lowest BCUT2D eigenvalue weighted by Gasteiger charge is -2.29. The number of aromatic nitrogens is 2. The molecule has 2 aromatic carbocycles. The van der Waals surface area contributed by atoms with Gasteiger partial charge in [0.15, 0.2) is 21.6 Å². The Balaban J connectivity index is 0.902. The number of thiazole rings is 2. The third kappa shape index (κ3) is 10.7. The highest BCUT2D eigenvalue weighted by molar-refractivity contribution is 7.16. The summed E-state index contributed by atoms with van der Waals surface area (Å²) in [5.74, 6) is -2.66. The van der Waals surface area contributed by atoms with Gasteiger partial charge < -0.3 is 39.7 Å². The number of rotatable bonds is 21. The molecule has 314 valence electrons. The molecule has 0 aliphatic heterocycles. The largest absolute Gasteiger partial charge is 0.377 e. The summed E-state index contributed by atoms with van der Waals surface area (Å²) in [6.45, 7) is 3.26. The van der Waals surface area contributed by atoms with Gasteiger partial charge in [0.25, 0.3) is 11.8 Å². The maximum absolute atomic E-state index is 13.6. The molecule has 0 bridgehead atoms. The number of para-hydroxylation sites is 2. The van der Waals surface area contributed by atoms with E-state index in [1.807, 2.05) is 98.7 Å². The summed E-state index contributed by atoms with van der Waals surface area (Å²) in [7, 11) is 7.70. The summed E-state index contributed by atoms with van der Waals surface area (Å²) < 4.78 is 11.1. The number of hydrogen-bond acceptors (Lipinski definition) is 16. The van der Waals surface area contributed by atoms with Crippen LogP contribution in [0.4, 0.5) is 11.4 Å². The van der Waals surface area contributed by atoms with Crippen molar-refractivity contribution in [1.29, 1.82) is 0 Å². The fraction of sp³-hybridized carbons (Fsp3) is 0.333. The van der Waals surface area contributed by atoms with Gasteiger partial charge in [-0.15, -0.1) is 22.7 Å². The van der Waals surface area contributed by atoms with Crippen molar-refractivity contribution in [3.8, 4) is 0 Å². The van der Waals surface area contributed by atoms with E-state index < -0.39 is 23.4 Å². The number of anilines is 2. The molecule has 6 rings (SSSR count). The first-order valence-corrected chi connectivity index (χ1v) is 20.9. The Kier molecular flexibility index (Phi) is 14.9. The van der Waals surface area contributed by atoms with Gasteiger partial charge in [-0.25, -0.2) is 9.97 Å². The zero-order chi connectivity index (χ0) is 42.8. The van der Waals surface area contributed by atoms with Crippen LogP contribution >= 0.6 is 22.7 Å². The maximum Gasteiger partial charge on any atom is 0.280 e. The molecule has 18 heteroatoms. The number of Topliss-reactive ketones (excluding diaryl/α,β-unsaturated/α-hetero) is 2. The van der Waals surface area contributed by atoms with E-state index >= 15 is 0 Å². The van der Waals surface area contributed by atoms with Crippen LogP contribution in [0.25, 0.3) is 0 Å². The number of ether oxygens (including phenoxy) is 2. The molecule has 0 saturated carbocycles. The average Bonchev–Trinajstić information content (AvgIpc) is 3.91. The number of hydrogen-bond donors (Lipinski definition) is 2. The minimum atomic E-state index is -0.527. The van der Waals surface area contributed by atoms with E-state index in [2.05, 4.69) is 20.6 Å². The van der Waals surface area contributed by atoms with Crippen LogP contribution in [0.2, 0.25) is 0 Å². The van der Waals surface area contributed by atoms with Crippen LogP contribution in [0.3, 0.4) is 0 Å². The molecule has 2 aromatic heterocycles. The standard InChI is InChI=1S/C42H46N8O8S2/c1-47(2)17-19-49(27-11-7-5-8-12-27)29-25-31(51)37-33(35(29)53)45-41(59-37)39(55)43-15-21-57-23-24-58-22-16-44-40(56)42-46-34-36(54)30(26-32(52)38(34)60-42)50(20-18-48(3)4)28-13-9-6-10-14-28/h5-14,25-26H,15-24H2,1-4H3,(H,43,55)(H,44,56). The molecule has 0 unspecified atom stereocenters. The van der Waals surface area contributed by atoms with E-state index in [9.17, 15) is 28.8 Å². The van der Waals surface area contributed by atoms with Crippen molar-refractivity contribution in [2.24, 2.45) is 0 Å². The number of ketones is 4. The van der Waals surface area contributed by atoms with Crippen LogP contribution in [0, 0.1) is 0 Å².